The van der Waals surface area contributed by atoms with Crippen LogP contribution in [0.25, 0.3) is 5.69 Å². The van der Waals surface area contributed by atoms with Crippen LogP contribution in [0.15, 0.2) is 35.1 Å². The second kappa shape index (κ2) is 5.07. The number of carbonyl (C=O) groups is 1. The zero-order chi connectivity index (χ0) is 14.0. The van der Waals surface area contributed by atoms with Crippen LogP contribution >= 0.6 is 12.2 Å². The summed E-state index contributed by atoms with van der Waals surface area (Å²) in [6.45, 7) is 1.24. The van der Waals surface area contributed by atoms with Gasteiger partial charge in [0.25, 0.3) is 5.56 Å². The van der Waals surface area contributed by atoms with Gasteiger partial charge in [-0.15, -0.1) is 0 Å². The van der Waals surface area contributed by atoms with Crippen molar-refractivity contribution >= 4 is 23.8 Å². The summed E-state index contributed by atoms with van der Waals surface area (Å²) in [7, 11) is 0. The number of benzene rings is 1. The number of amides is 1. The molecule has 7 heteroatoms. The molecule has 1 aromatic carbocycles. The molecule has 0 unspecified atom stereocenters. The maximum atomic E-state index is 11.7. The van der Waals surface area contributed by atoms with Gasteiger partial charge < -0.3 is 10.4 Å². The largest absolute Gasteiger partial charge is 0.493 e. The number of hydrogen-bond acceptors (Lipinski definition) is 4. The van der Waals surface area contributed by atoms with Crippen molar-refractivity contribution in [1.29, 1.82) is 0 Å². The Kier molecular flexibility index (Phi) is 3.48. The highest BCUT2D eigenvalue weighted by Crippen LogP contribution is 2.22. The minimum absolute atomic E-state index is 0.0443. The number of anilines is 1. The molecular weight excluding hydrogens is 266 g/mol. The van der Waals surface area contributed by atoms with E-state index in [0.717, 1.165) is 0 Å². The first kappa shape index (κ1) is 13.0. The van der Waals surface area contributed by atoms with Crippen LogP contribution in [-0.2, 0) is 4.79 Å². The number of aromatic hydroxyl groups is 1. The van der Waals surface area contributed by atoms with Gasteiger partial charge in [0, 0.05) is 6.92 Å². The minimum atomic E-state index is -0.648. The third kappa shape index (κ3) is 2.55. The van der Waals surface area contributed by atoms with Crippen molar-refractivity contribution in [2.24, 2.45) is 0 Å². The maximum absolute atomic E-state index is 11.7. The number of para-hydroxylation sites is 1. The average molecular weight is 277 g/mol. The van der Waals surface area contributed by atoms with E-state index in [0.29, 0.717) is 5.69 Å². The Morgan fingerprint density at radius 1 is 1.37 bits per heavy atom. The molecule has 0 bridgehead atoms. The zero-order valence-corrected chi connectivity index (χ0v) is 10.8. The second-order valence-corrected chi connectivity index (χ2v) is 4.20. The fourth-order valence-corrected chi connectivity index (χ4v) is 1.91. The molecule has 0 aliphatic carbocycles. The van der Waals surface area contributed by atoms with E-state index in [1.54, 1.807) is 24.3 Å². The van der Waals surface area contributed by atoms with Crippen LogP contribution in [0.1, 0.15) is 6.92 Å². The van der Waals surface area contributed by atoms with Crippen LogP contribution in [0.4, 0.5) is 5.69 Å². The van der Waals surface area contributed by atoms with E-state index in [2.05, 4.69) is 10.3 Å². The first-order valence-corrected chi connectivity index (χ1v) is 5.83. The van der Waals surface area contributed by atoms with Crippen LogP contribution in [0.5, 0.6) is 5.88 Å². The van der Waals surface area contributed by atoms with E-state index >= 15 is 0 Å². The number of hydrogen-bond donors (Lipinski definition) is 3. The standard InChI is InChI=1S/C12H11N3O3S/c1-7(16)13-9-10(17)14-12(19)15(11(9)18)8-5-3-2-4-6-8/h2-6,18H,1H3,(H,13,16)(H,14,17,19). The summed E-state index contributed by atoms with van der Waals surface area (Å²) < 4.78 is 1.31. The van der Waals surface area contributed by atoms with Crippen molar-refractivity contribution in [3.63, 3.8) is 0 Å². The molecule has 2 rings (SSSR count). The molecule has 0 fully saturated rings. The van der Waals surface area contributed by atoms with E-state index in [4.69, 9.17) is 12.2 Å². The fourth-order valence-electron chi connectivity index (χ4n) is 1.63. The summed E-state index contributed by atoms with van der Waals surface area (Å²) in [6.07, 6.45) is 0. The van der Waals surface area contributed by atoms with Crippen molar-refractivity contribution in [2.45, 2.75) is 6.92 Å². The molecule has 0 saturated carbocycles. The summed E-state index contributed by atoms with van der Waals surface area (Å²) in [4.78, 5) is 25.1. The highest BCUT2D eigenvalue weighted by molar-refractivity contribution is 7.71. The third-order valence-electron chi connectivity index (χ3n) is 2.40. The topological polar surface area (TPSA) is 87.1 Å². The Morgan fingerprint density at radius 2 is 2.00 bits per heavy atom. The number of nitrogens with one attached hydrogen (secondary N) is 2. The van der Waals surface area contributed by atoms with Crippen molar-refractivity contribution < 1.29 is 9.90 Å². The van der Waals surface area contributed by atoms with Crippen LogP contribution in [0.3, 0.4) is 0 Å². The Labute approximate surface area is 113 Å². The quantitative estimate of drug-likeness (QED) is 0.727. The third-order valence-corrected chi connectivity index (χ3v) is 2.69. The molecule has 0 spiro atoms. The van der Waals surface area contributed by atoms with Crippen molar-refractivity contribution in [3.05, 3.63) is 45.5 Å². The Balaban J connectivity index is 2.72. The zero-order valence-electron chi connectivity index (χ0n) is 10.0. The van der Waals surface area contributed by atoms with Crippen molar-refractivity contribution in [1.82, 2.24) is 9.55 Å². The van der Waals surface area contributed by atoms with Gasteiger partial charge in [-0.25, -0.2) is 0 Å². The van der Waals surface area contributed by atoms with Gasteiger partial charge in [0.05, 0.1) is 5.69 Å². The number of H-pyrrole nitrogens is 1. The lowest BCUT2D eigenvalue weighted by Gasteiger charge is -2.12. The molecule has 1 aromatic heterocycles. The number of aromatic nitrogens is 2. The number of carbonyl (C=O) groups excluding carboxylic acids is 1. The molecule has 0 radical (unpaired) electrons. The fraction of sp³-hybridized carbons (Fsp3) is 0.0833. The minimum Gasteiger partial charge on any atom is -0.493 e. The summed E-state index contributed by atoms with van der Waals surface area (Å²) in [5, 5.41) is 12.4. The van der Waals surface area contributed by atoms with Crippen molar-refractivity contribution in [2.75, 3.05) is 5.32 Å². The molecule has 98 valence electrons. The summed E-state index contributed by atoms with van der Waals surface area (Å²) in [6, 6.07) is 8.76. The van der Waals surface area contributed by atoms with Gasteiger partial charge in [0.2, 0.25) is 11.8 Å². The molecule has 6 nitrogen and oxygen atoms in total. The lowest BCUT2D eigenvalue weighted by Crippen LogP contribution is -2.21. The molecule has 19 heavy (non-hydrogen) atoms. The SMILES string of the molecule is CC(=O)Nc1c(O)n(-c2ccccc2)c(=S)[nH]c1=O. The molecule has 1 heterocycles. The van der Waals surface area contributed by atoms with E-state index in [9.17, 15) is 14.7 Å². The van der Waals surface area contributed by atoms with Gasteiger partial charge in [-0.1, -0.05) is 18.2 Å². The molecule has 0 aliphatic rings. The number of aromatic amines is 1. The normalized spacial score (nSPS) is 10.2. The number of nitrogens with zero attached hydrogens (tertiary/aromatic N) is 1. The molecular formula is C12H11N3O3S. The first-order chi connectivity index (χ1) is 9.00. The van der Waals surface area contributed by atoms with Crippen LogP contribution < -0.4 is 10.9 Å². The average Bonchev–Trinajstić information content (AvgIpc) is 2.35. The first-order valence-electron chi connectivity index (χ1n) is 5.42. The van der Waals surface area contributed by atoms with E-state index in [1.165, 1.54) is 11.5 Å². The molecule has 2 aromatic rings. The summed E-state index contributed by atoms with van der Waals surface area (Å²) >= 11 is 5.02. The van der Waals surface area contributed by atoms with Gasteiger partial charge in [0.15, 0.2) is 10.5 Å². The Morgan fingerprint density at radius 3 is 2.58 bits per heavy atom. The van der Waals surface area contributed by atoms with Gasteiger partial charge in [-0.05, 0) is 24.4 Å². The molecule has 0 aliphatic heterocycles. The van der Waals surface area contributed by atoms with Gasteiger partial charge in [-0.2, -0.15) is 0 Å². The van der Waals surface area contributed by atoms with Crippen molar-refractivity contribution in [3.8, 4) is 11.6 Å². The van der Waals surface area contributed by atoms with Gasteiger partial charge in [0.1, 0.15) is 0 Å². The Bertz CT molecular complexity index is 734. The van der Waals surface area contributed by atoms with Gasteiger partial charge >= 0.3 is 0 Å². The van der Waals surface area contributed by atoms with Gasteiger partial charge in [-0.3, -0.25) is 19.1 Å². The van der Waals surface area contributed by atoms with E-state index < -0.39 is 17.3 Å². The highest BCUT2D eigenvalue weighted by atomic mass is 32.1. The Hall–Kier alpha value is -2.41. The lowest BCUT2D eigenvalue weighted by molar-refractivity contribution is -0.114. The maximum Gasteiger partial charge on any atom is 0.279 e. The monoisotopic (exact) mass is 277 g/mol. The van der Waals surface area contributed by atoms with E-state index in [1.807, 2.05) is 6.07 Å². The second-order valence-electron chi connectivity index (χ2n) is 3.81. The summed E-state index contributed by atoms with van der Waals surface area (Å²) in [5.74, 6) is -0.868. The highest BCUT2D eigenvalue weighted by Gasteiger charge is 2.14. The molecule has 0 atom stereocenters. The predicted molar refractivity (Wildman–Crippen MR) is 73.2 cm³/mol. The van der Waals surface area contributed by atoms with Crippen LogP contribution in [-0.4, -0.2) is 20.6 Å². The molecule has 1 amide bonds. The van der Waals surface area contributed by atoms with Crippen LogP contribution in [0, 0.1) is 4.77 Å². The molecule has 0 saturated heterocycles. The predicted octanol–water partition coefficient (Wildman–Crippen LogP) is 1.56. The number of rotatable bonds is 2. The smallest absolute Gasteiger partial charge is 0.279 e. The van der Waals surface area contributed by atoms with E-state index in [-0.39, 0.29) is 10.5 Å². The van der Waals surface area contributed by atoms with Crippen LogP contribution in [0.2, 0.25) is 0 Å². The summed E-state index contributed by atoms with van der Waals surface area (Å²) in [5.41, 5.74) is -0.303. The molecule has 3 N–H and O–H groups in total. The lowest BCUT2D eigenvalue weighted by atomic mass is 10.3.